The first kappa shape index (κ1) is 26.8. The fraction of sp³-hybridized carbons (Fsp3) is 0. The lowest BCUT2D eigenvalue weighted by Gasteiger charge is -2.14. The van der Waals surface area contributed by atoms with Crippen molar-refractivity contribution in [3.8, 4) is 28.5 Å². The highest BCUT2D eigenvalue weighted by molar-refractivity contribution is 6.06. The van der Waals surface area contributed by atoms with Crippen molar-refractivity contribution in [3.63, 3.8) is 0 Å². The maximum Gasteiger partial charge on any atom is 0.350 e. The van der Waals surface area contributed by atoms with E-state index in [0.29, 0.717) is 22.1 Å². The van der Waals surface area contributed by atoms with Gasteiger partial charge in [0.1, 0.15) is 39.3 Å². The molecule has 0 radical (unpaired) electrons. The summed E-state index contributed by atoms with van der Waals surface area (Å²) in [6, 6.07) is 46.2. The number of rotatable bonds is 4. The summed E-state index contributed by atoms with van der Waals surface area (Å²) in [7, 11) is 0. The predicted octanol–water partition coefficient (Wildman–Crippen LogP) is 7.53. The predicted molar refractivity (Wildman–Crippen MR) is 185 cm³/mol. The normalized spacial score (nSPS) is 11.6. The molecule has 9 aromatic rings. The van der Waals surface area contributed by atoms with Crippen LogP contribution in [0.5, 0.6) is 0 Å². The molecule has 0 N–H and O–H groups in total. The van der Waals surface area contributed by atoms with Gasteiger partial charge in [0, 0.05) is 16.3 Å². The third kappa shape index (κ3) is 4.29. The second-order valence-corrected chi connectivity index (χ2v) is 11.4. The molecule has 0 atom stereocenters. The molecule has 0 amide bonds. The van der Waals surface area contributed by atoms with Crippen LogP contribution in [0.3, 0.4) is 0 Å². The van der Waals surface area contributed by atoms with Crippen LogP contribution in [0.15, 0.2) is 166 Å². The number of fused-ring (bicyclic) bond motifs is 5. The van der Waals surface area contributed by atoms with Crippen molar-refractivity contribution in [3.05, 3.63) is 173 Å². The number of benzene rings is 6. The summed E-state index contributed by atoms with van der Waals surface area (Å²) < 4.78 is 11.7. The summed E-state index contributed by atoms with van der Waals surface area (Å²) in [6.45, 7) is 0. The molecule has 0 saturated carbocycles. The van der Waals surface area contributed by atoms with Crippen molar-refractivity contribution >= 4 is 43.7 Å². The minimum absolute atomic E-state index is 0.0881. The first-order valence-corrected chi connectivity index (χ1v) is 15.3. The average molecular weight is 610 g/mol. The molecule has 9 rings (SSSR count). The fourth-order valence-corrected chi connectivity index (χ4v) is 6.40. The first-order valence-electron chi connectivity index (χ1n) is 15.3. The molecule has 222 valence electrons. The minimum Gasteiger partial charge on any atom is -0.456 e. The molecule has 47 heavy (non-hydrogen) atoms. The smallest absolute Gasteiger partial charge is 0.350 e. The van der Waals surface area contributed by atoms with Gasteiger partial charge in [0.2, 0.25) is 0 Å². The van der Waals surface area contributed by atoms with Crippen molar-refractivity contribution in [2.75, 3.05) is 0 Å². The fourth-order valence-electron chi connectivity index (χ4n) is 6.40. The van der Waals surface area contributed by atoms with Gasteiger partial charge in [-0.25, -0.2) is 9.78 Å². The highest BCUT2D eigenvalue weighted by atomic mass is 16.3. The van der Waals surface area contributed by atoms with Crippen LogP contribution < -0.4 is 15.7 Å². The number of para-hydroxylation sites is 4. The van der Waals surface area contributed by atoms with Gasteiger partial charge in [-0.1, -0.05) is 60.7 Å². The standard InChI is InChI=1S/C40H25N4O3/c45-39-31-16-8-10-18-35(31)42(25-43(39)27-11-3-1-4-12-27)29-20-22-37-33(24-29)32-23-26(19-21-36(32)47-37)38-41-34-17-9-7-15-30(34)40(46)44(38)28-13-5-2-6-14-28/h1-25H/q+1. The van der Waals surface area contributed by atoms with Gasteiger partial charge in [-0.2, -0.15) is 9.13 Å². The summed E-state index contributed by atoms with van der Waals surface area (Å²) in [5.41, 5.74) is 5.84. The molecule has 3 heterocycles. The van der Waals surface area contributed by atoms with Crippen molar-refractivity contribution < 1.29 is 8.98 Å². The molecule has 0 saturated heterocycles. The summed E-state index contributed by atoms with van der Waals surface area (Å²) in [5, 5.41) is 2.96. The first-order chi connectivity index (χ1) is 23.1. The Labute approximate surface area is 267 Å². The Kier molecular flexibility index (Phi) is 5.98. The van der Waals surface area contributed by atoms with Gasteiger partial charge < -0.3 is 4.42 Å². The van der Waals surface area contributed by atoms with Gasteiger partial charge in [-0.05, 0) is 84.9 Å². The zero-order valence-electron chi connectivity index (χ0n) is 24.9. The Bertz CT molecular complexity index is 2780. The Morgan fingerprint density at radius 3 is 1.98 bits per heavy atom. The second-order valence-electron chi connectivity index (χ2n) is 11.4. The number of nitrogens with zero attached hydrogens (tertiary/aromatic N) is 4. The zero-order valence-corrected chi connectivity index (χ0v) is 24.9. The van der Waals surface area contributed by atoms with E-state index >= 15 is 0 Å². The lowest BCUT2D eigenvalue weighted by molar-refractivity contribution is -0.572. The van der Waals surface area contributed by atoms with E-state index in [9.17, 15) is 9.59 Å². The van der Waals surface area contributed by atoms with Crippen molar-refractivity contribution in [2.24, 2.45) is 0 Å². The molecule has 0 aliphatic rings. The highest BCUT2D eigenvalue weighted by Crippen LogP contribution is 2.33. The third-order valence-corrected chi connectivity index (χ3v) is 8.66. The van der Waals surface area contributed by atoms with Crippen molar-refractivity contribution in [1.82, 2.24) is 14.1 Å². The van der Waals surface area contributed by atoms with E-state index < -0.39 is 0 Å². The van der Waals surface area contributed by atoms with E-state index in [2.05, 4.69) is 6.07 Å². The molecule has 0 bridgehead atoms. The average Bonchev–Trinajstić information content (AvgIpc) is 3.50. The minimum atomic E-state index is -0.131. The Balaban J connectivity index is 1.28. The Morgan fingerprint density at radius 2 is 1.19 bits per heavy atom. The number of hydrogen-bond acceptors (Lipinski definition) is 4. The van der Waals surface area contributed by atoms with E-state index in [1.165, 1.54) is 0 Å². The highest BCUT2D eigenvalue weighted by Gasteiger charge is 2.20. The van der Waals surface area contributed by atoms with Crippen molar-refractivity contribution in [1.29, 1.82) is 0 Å². The van der Waals surface area contributed by atoms with Crippen molar-refractivity contribution in [2.45, 2.75) is 0 Å². The van der Waals surface area contributed by atoms with E-state index in [1.807, 2.05) is 150 Å². The third-order valence-electron chi connectivity index (χ3n) is 8.66. The number of aromatic nitrogens is 4. The molecule has 6 aromatic carbocycles. The molecule has 7 heteroatoms. The van der Waals surface area contributed by atoms with Crippen LogP contribution >= 0.6 is 0 Å². The maximum atomic E-state index is 13.9. The quantitative estimate of drug-likeness (QED) is 0.193. The van der Waals surface area contributed by atoms with Gasteiger partial charge in [0.05, 0.1) is 16.6 Å². The monoisotopic (exact) mass is 609 g/mol. The number of hydrogen-bond donors (Lipinski definition) is 0. The maximum absolute atomic E-state index is 13.9. The number of furan rings is 1. The van der Waals surface area contributed by atoms with Crippen LogP contribution in [-0.2, 0) is 0 Å². The molecule has 0 unspecified atom stereocenters. The van der Waals surface area contributed by atoms with Crippen LogP contribution in [0.25, 0.3) is 72.2 Å². The van der Waals surface area contributed by atoms with Gasteiger partial charge >= 0.3 is 5.56 Å². The van der Waals surface area contributed by atoms with Crippen LogP contribution in [-0.4, -0.2) is 14.1 Å². The molecule has 3 aromatic heterocycles. The van der Waals surface area contributed by atoms with E-state index in [1.54, 1.807) is 9.13 Å². The van der Waals surface area contributed by atoms with Crippen LogP contribution in [0, 0.1) is 0 Å². The van der Waals surface area contributed by atoms with E-state index in [0.717, 1.165) is 50.1 Å². The largest absolute Gasteiger partial charge is 0.456 e. The molecular weight excluding hydrogens is 584 g/mol. The second kappa shape index (κ2) is 10.5. The molecule has 0 aliphatic heterocycles. The summed E-state index contributed by atoms with van der Waals surface area (Å²) in [5.74, 6) is 0.544. The Morgan fingerprint density at radius 1 is 0.553 bits per heavy atom. The molecule has 0 aliphatic carbocycles. The van der Waals surface area contributed by atoms with E-state index in [4.69, 9.17) is 9.40 Å². The van der Waals surface area contributed by atoms with Gasteiger partial charge in [0.15, 0.2) is 0 Å². The summed E-state index contributed by atoms with van der Waals surface area (Å²) in [4.78, 5) is 32.5. The Hall–Kier alpha value is -6.60. The SMILES string of the molecule is O=c1c2ccccc2[n+](-c2ccc3oc4ccc(-c5nc6ccccc6c(=O)n5-c5ccccc5)cc4c3c2)cn1-c1ccccc1. The topological polar surface area (TPSA) is 73.9 Å². The van der Waals surface area contributed by atoms with Gasteiger partial charge in [0.25, 0.3) is 11.9 Å². The van der Waals surface area contributed by atoms with Crippen LogP contribution in [0.2, 0.25) is 0 Å². The van der Waals surface area contributed by atoms with Gasteiger partial charge in [-0.3, -0.25) is 9.36 Å². The summed E-state index contributed by atoms with van der Waals surface area (Å²) in [6.07, 6.45) is 1.84. The van der Waals surface area contributed by atoms with Gasteiger partial charge in [-0.15, -0.1) is 0 Å². The molecule has 0 spiro atoms. The van der Waals surface area contributed by atoms with Crippen LogP contribution in [0.1, 0.15) is 0 Å². The molecule has 7 nitrogen and oxygen atoms in total. The lowest BCUT2D eigenvalue weighted by atomic mass is 10.1. The van der Waals surface area contributed by atoms with Crippen LogP contribution in [0.4, 0.5) is 0 Å². The summed E-state index contributed by atoms with van der Waals surface area (Å²) >= 11 is 0. The lowest BCUT2D eigenvalue weighted by Crippen LogP contribution is -2.38. The zero-order chi connectivity index (χ0) is 31.5. The molecule has 0 fully saturated rings. The molecular formula is C40H25N4O3+. The van der Waals surface area contributed by atoms with E-state index in [-0.39, 0.29) is 11.1 Å².